The van der Waals surface area contributed by atoms with Crippen molar-refractivity contribution in [3.8, 4) is 0 Å². The topological polar surface area (TPSA) is 49.2 Å². The molecule has 1 fully saturated rings. The van der Waals surface area contributed by atoms with E-state index in [-0.39, 0.29) is 5.82 Å². The summed E-state index contributed by atoms with van der Waals surface area (Å²) in [6.45, 7) is 5.18. The van der Waals surface area contributed by atoms with Gasteiger partial charge in [0.2, 0.25) is 0 Å². The molecule has 0 spiro atoms. The van der Waals surface area contributed by atoms with Crippen LogP contribution in [0, 0.1) is 5.82 Å². The van der Waals surface area contributed by atoms with Crippen molar-refractivity contribution >= 4 is 11.5 Å². The second-order valence-corrected chi connectivity index (χ2v) is 7.10. The fourth-order valence-electron chi connectivity index (χ4n) is 3.50. The number of halogens is 1. The van der Waals surface area contributed by atoms with Gasteiger partial charge in [0.05, 0.1) is 6.20 Å². The van der Waals surface area contributed by atoms with E-state index >= 15 is 0 Å². The Kier molecular flexibility index (Phi) is 5.53. The Bertz CT molecular complexity index is 899. The zero-order chi connectivity index (χ0) is 19.3. The molecule has 0 unspecified atom stereocenters. The Labute approximate surface area is 164 Å². The van der Waals surface area contributed by atoms with Crippen LogP contribution in [0.1, 0.15) is 11.1 Å². The number of nitrogens with zero attached hydrogens (tertiary/aromatic N) is 5. The van der Waals surface area contributed by atoms with Crippen LogP contribution in [0.5, 0.6) is 0 Å². The molecule has 0 radical (unpaired) electrons. The largest absolute Gasteiger partial charge is 0.368 e. The van der Waals surface area contributed by atoms with Gasteiger partial charge in [0, 0.05) is 70.0 Å². The van der Waals surface area contributed by atoms with Crippen LogP contribution in [0.3, 0.4) is 0 Å². The van der Waals surface area contributed by atoms with Gasteiger partial charge in [0.25, 0.3) is 0 Å². The van der Waals surface area contributed by atoms with Crippen LogP contribution in [0.25, 0.3) is 0 Å². The normalized spacial score (nSPS) is 14.5. The molecule has 2 aromatic heterocycles. The number of benzene rings is 1. The maximum Gasteiger partial charge on any atom is 0.128 e. The predicted octanol–water partition coefficient (Wildman–Crippen LogP) is 2.57. The molecule has 0 atom stereocenters. The molecule has 0 amide bonds. The molecule has 4 rings (SSSR count). The van der Waals surface area contributed by atoms with Crippen molar-refractivity contribution in [2.24, 2.45) is 7.05 Å². The highest BCUT2D eigenvalue weighted by Gasteiger charge is 2.18. The minimum Gasteiger partial charge on any atom is -0.368 e. The van der Waals surface area contributed by atoms with Crippen LogP contribution in [0.4, 0.5) is 15.9 Å². The van der Waals surface area contributed by atoms with Gasteiger partial charge in [-0.3, -0.25) is 4.68 Å². The number of aryl methyl sites for hydroxylation is 1. The zero-order valence-corrected chi connectivity index (χ0v) is 16.1. The van der Waals surface area contributed by atoms with Crippen LogP contribution in [0.15, 0.2) is 55.0 Å². The van der Waals surface area contributed by atoms with Crippen molar-refractivity contribution in [3.05, 3.63) is 71.9 Å². The SMILES string of the molecule is Cn1cc(CNCc2ccnc(N3CCN(c4ccc(F)cc4)CC3)c2)cn1. The van der Waals surface area contributed by atoms with Gasteiger partial charge in [-0.1, -0.05) is 0 Å². The molecule has 1 aromatic carbocycles. The summed E-state index contributed by atoms with van der Waals surface area (Å²) in [7, 11) is 1.93. The molecule has 7 heteroatoms. The van der Waals surface area contributed by atoms with Crippen molar-refractivity contribution in [2.45, 2.75) is 13.1 Å². The Morgan fingerprint density at radius 1 is 0.964 bits per heavy atom. The zero-order valence-electron chi connectivity index (χ0n) is 16.1. The summed E-state index contributed by atoms with van der Waals surface area (Å²) < 4.78 is 14.9. The fraction of sp³-hybridized carbons (Fsp3) is 0.333. The van der Waals surface area contributed by atoms with Gasteiger partial charge in [0.1, 0.15) is 11.6 Å². The number of piperazine rings is 1. The van der Waals surface area contributed by atoms with E-state index in [0.717, 1.165) is 50.8 Å². The highest BCUT2D eigenvalue weighted by atomic mass is 19.1. The number of rotatable bonds is 6. The van der Waals surface area contributed by atoms with E-state index in [1.54, 1.807) is 0 Å². The number of aromatic nitrogens is 3. The molecule has 0 saturated carbocycles. The molecular weight excluding hydrogens is 355 g/mol. The van der Waals surface area contributed by atoms with Crippen molar-refractivity contribution in [2.75, 3.05) is 36.0 Å². The van der Waals surface area contributed by atoms with E-state index in [4.69, 9.17) is 0 Å². The minimum atomic E-state index is -0.194. The highest BCUT2D eigenvalue weighted by Crippen LogP contribution is 2.20. The average Bonchev–Trinajstić information content (AvgIpc) is 3.14. The third kappa shape index (κ3) is 4.48. The first-order chi connectivity index (χ1) is 13.7. The van der Waals surface area contributed by atoms with E-state index < -0.39 is 0 Å². The Hall–Kier alpha value is -2.93. The molecule has 1 N–H and O–H groups in total. The van der Waals surface area contributed by atoms with Crippen molar-refractivity contribution in [1.29, 1.82) is 0 Å². The van der Waals surface area contributed by atoms with Crippen molar-refractivity contribution in [3.63, 3.8) is 0 Å². The molecule has 0 bridgehead atoms. The third-order valence-corrected chi connectivity index (χ3v) is 5.02. The lowest BCUT2D eigenvalue weighted by molar-refractivity contribution is 0.624. The lowest BCUT2D eigenvalue weighted by atomic mass is 10.2. The van der Waals surface area contributed by atoms with E-state index in [0.29, 0.717) is 0 Å². The summed E-state index contributed by atoms with van der Waals surface area (Å²) >= 11 is 0. The maximum atomic E-state index is 13.1. The van der Waals surface area contributed by atoms with Crippen LogP contribution < -0.4 is 15.1 Å². The number of pyridine rings is 1. The van der Waals surface area contributed by atoms with Gasteiger partial charge in [-0.15, -0.1) is 0 Å². The first kappa shape index (κ1) is 18.4. The van der Waals surface area contributed by atoms with E-state index in [9.17, 15) is 4.39 Å². The van der Waals surface area contributed by atoms with Crippen LogP contribution >= 0.6 is 0 Å². The Balaban J connectivity index is 1.31. The molecule has 3 heterocycles. The molecule has 6 nitrogen and oxygen atoms in total. The summed E-state index contributed by atoms with van der Waals surface area (Å²) in [4.78, 5) is 9.16. The second-order valence-electron chi connectivity index (χ2n) is 7.10. The lowest BCUT2D eigenvalue weighted by Gasteiger charge is -2.36. The summed E-state index contributed by atoms with van der Waals surface area (Å²) in [5, 5.41) is 7.64. The van der Waals surface area contributed by atoms with Gasteiger partial charge in [-0.2, -0.15) is 5.10 Å². The summed E-state index contributed by atoms with van der Waals surface area (Å²) in [5.41, 5.74) is 3.46. The number of hydrogen-bond donors (Lipinski definition) is 1. The van der Waals surface area contributed by atoms with Gasteiger partial charge in [-0.25, -0.2) is 9.37 Å². The molecule has 1 aliphatic heterocycles. The Morgan fingerprint density at radius 3 is 2.39 bits per heavy atom. The maximum absolute atomic E-state index is 13.1. The number of nitrogens with one attached hydrogen (secondary N) is 1. The van der Waals surface area contributed by atoms with Crippen LogP contribution in [-0.2, 0) is 20.1 Å². The molecule has 28 heavy (non-hydrogen) atoms. The summed E-state index contributed by atoms with van der Waals surface area (Å²) in [6.07, 6.45) is 5.78. The first-order valence-corrected chi connectivity index (χ1v) is 9.56. The molecule has 0 aliphatic carbocycles. The van der Waals surface area contributed by atoms with Crippen molar-refractivity contribution < 1.29 is 4.39 Å². The summed E-state index contributed by atoms with van der Waals surface area (Å²) in [5.74, 6) is 0.819. The molecular formula is C21H25FN6. The smallest absolute Gasteiger partial charge is 0.128 e. The Morgan fingerprint density at radius 2 is 1.68 bits per heavy atom. The summed E-state index contributed by atoms with van der Waals surface area (Å²) in [6, 6.07) is 10.9. The predicted molar refractivity (Wildman–Crippen MR) is 109 cm³/mol. The van der Waals surface area contributed by atoms with Gasteiger partial charge < -0.3 is 15.1 Å². The minimum absolute atomic E-state index is 0.194. The second kappa shape index (κ2) is 8.39. The molecule has 146 valence electrons. The lowest BCUT2D eigenvalue weighted by Crippen LogP contribution is -2.46. The third-order valence-electron chi connectivity index (χ3n) is 5.02. The quantitative estimate of drug-likeness (QED) is 0.712. The van der Waals surface area contributed by atoms with E-state index in [1.807, 2.05) is 42.5 Å². The molecule has 3 aromatic rings. The van der Waals surface area contributed by atoms with Gasteiger partial charge >= 0.3 is 0 Å². The standard InChI is InChI=1S/C21H25FN6/c1-26-16-18(15-25-26)14-23-13-17-6-7-24-21(12-17)28-10-8-27(9-11-28)20-4-2-19(22)3-5-20/h2-7,12,15-16,23H,8-11,13-14H2,1H3. The van der Waals surface area contributed by atoms with E-state index in [2.05, 4.69) is 37.3 Å². The highest BCUT2D eigenvalue weighted by molar-refractivity contribution is 5.49. The number of anilines is 2. The number of hydrogen-bond acceptors (Lipinski definition) is 5. The van der Waals surface area contributed by atoms with Crippen LogP contribution in [-0.4, -0.2) is 40.9 Å². The average molecular weight is 380 g/mol. The molecule has 1 aliphatic rings. The van der Waals surface area contributed by atoms with Crippen molar-refractivity contribution in [1.82, 2.24) is 20.1 Å². The monoisotopic (exact) mass is 380 g/mol. The van der Waals surface area contributed by atoms with Gasteiger partial charge in [-0.05, 0) is 42.0 Å². The van der Waals surface area contributed by atoms with E-state index in [1.165, 1.54) is 23.3 Å². The molecule has 1 saturated heterocycles. The first-order valence-electron chi connectivity index (χ1n) is 9.56. The van der Waals surface area contributed by atoms with Gasteiger partial charge in [0.15, 0.2) is 0 Å². The van der Waals surface area contributed by atoms with Crippen LogP contribution in [0.2, 0.25) is 0 Å². The fourth-order valence-corrected chi connectivity index (χ4v) is 3.50.